The summed E-state index contributed by atoms with van der Waals surface area (Å²) in [5, 5.41) is 4.38. The van der Waals surface area contributed by atoms with E-state index in [0.29, 0.717) is 17.2 Å². The van der Waals surface area contributed by atoms with Gasteiger partial charge in [0.1, 0.15) is 18.2 Å². The summed E-state index contributed by atoms with van der Waals surface area (Å²) in [6.45, 7) is 0.585. The molecule has 0 radical (unpaired) electrons. The molecular formula is C16H17FN2O3S. The van der Waals surface area contributed by atoms with Crippen LogP contribution in [0.3, 0.4) is 0 Å². The third-order valence-electron chi connectivity index (χ3n) is 3.08. The van der Waals surface area contributed by atoms with Gasteiger partial charge in [0.2, 0.25) is 5.91 Å². The number of benzene rings is 1. The van der Waals surface area contributed by atoms with Crippen LogP contribution in [-0.2, 0) is 4.79 Å². The first kappa shape index (κ1) is 17.0. The average Bonchev–Trinajstić information content (AvgIpc) is 3.08. The standard InChI is InChI=1S/C16H17FN2O3S/c1-19(8-9-22-13-6-4-12(17)5-7-13)15(20)11-18-16(21)14-3-2-10-23-14/h2-7,10H,8-9,11H2,1H3,(H,18,21). The van der Waals surface area contributed by atoms with Crippen molar-refractivity contribution in [2.24, 2.45) is 0 Å². The lowest BCUT2D eigenvalue weighted by molar-refractivity contribution is -0.129. The highest BCUT2D eigenvalue weighted by atomic mass is 32.1. The fourth-order valence-electron chi connectivity index (χ4n) is 1.74. The zero-order chi connectivity index (χ0) is 16.7. The van der Waals surface area contributed by atoms with Gasteiger partial charge in [-0.15, -0.1) is 11.3 Å². The maximum atomic E-state index is 12.8. The molecule has 122 valence electrons. The number of ether oxygens (including phenoxy) is 1. The number of nitrogens with zero attached hydrogens (tertiary/aromatic N) is 1. The second-order valence-corrected chi connectivity index (χ2v) is 5.73. The third-order valence-corrected chi connectivity index (χ3v) is 3.95. The van der Waals surface area contributed by atoms with Crippen LogP contribution in [0, 0.1) is 5.82 Å². The lowest BCUT2D eigenvalue weighted by Crippen LogP contribution is -2.39. The van der Waals surface area contributed by atoms with Gasteiger partial charge in [-0.3, -0.25) is 9.59 Å². The molecular weight excluding hydrogens is 319 g/mol. The molecule has 1 heterocycles. The first-order chi connectivity index (χ1) is 11.1. The molecule has 0 saturated carbocycles. The van der Waals surface area contributed by atoms with Gasteiger partial charge in [-0.2, -0.15) is 0 Å². The third kappa shape index (κ3) is 5.37. The van der Waals surface area contributed by atoms with Crippen molar-refractivity contribution in [2.75, 3.05) is 26.7 Å². The number of hydrogen-bond acceptors (Lipinski definition) is 4. The van der Waals surface area contributed by atoms with Gasteiger partial charge in [-0.05, 0) is 35.7 Å². The summed E-state index contributed by atoms with van der Waals surface area (Å²) in [6, 6.07) is 9.15. The summed E-state index contributed by atoms with van der Waals surface area (Å²) in [5.74, 6) is -0.258. The van der Waals surface area contributed by atoms with Gasteiger partial charge in [0.15, 0.2) is 0 Å². The molecule has 7 heteroatoms. The molecule has 2 rings (SSSR count). The van der Waals surface area contributed by atoms with Crippen molar-refractivity contribution in [1.29, 1.82) is 0 Å². The predicted octanol–water partition coefficient (Wildman–Crippen LogP) is 2.15. The number of rotatable bonds is 7. The minimum atomic E-state index is -0.328. The molecule has 0 aliphatic rings. The minimum absolute atomic E-state index is 0.0657. The van der Waals surface area contributed by atoms with E-state index in [-0.39, 0.29) is 30.8 Å². The fourth-order valence-corrected chi connectivity index (χ4v) is 2.38. The van der Waals surface area contributed by atoms with Crippen LogP contribution in [0.15, 0.2) is 41.8 Å². The van der Waals surface area contributed by atoms with E-state index in [1.807, 2.05) is 0 Å². The monoisotopic (exact) mass is 336 g/mol. The smallest absolute Gasteiger partial charge is 0.261 e. The maximum absolute atomic E-state index is 12.8. The van der Waals surface area contributed by atoms with Crippen molar-refractivity contribution in [3.63, 3.8) is 0 Å². The Morgan fingerprint density at radius 1 is 1.26 bits per heavy atom. The Bertz CT molecular complexity index is 644. The molecule has 5 nitrogen and oxygen atoms in total. The Balaban J connectivity index is 1.68. The van der Waals surface area contributed by atoms with Crippen molar-refractivity contribution < 1.29 is 18.7 Å². The largest absolute Gasteiger partial charge is 0.492 e. The van der Waals surface area contributed by atoms with Crippen molar-refractivity contribution >= 4 is 23.2 Å². The van der Waals surface area contributed by atoms with Gasteiger partial charge < -0.3 is 15.0 Å². The van der Waals surface area contributed by atoms with Crippen LogP contribution in [-0.4, -0.2) is 43.5 Å². The zero-order valence-electron chi connectivity index (χ0n) is 12.6. The number of carbonyl (C=O) groups is 2. The average molecular weight is 336 g/mol. The second kappa shape index (κ2) is 8.28. The number of likely N-dealkylation sites (N-methyl/N-ethyl adjacent to an activating group) is 1. The summed E-state index contributed by atoms with van der Waals surface area (Å²) < 4.78 is 18.2. The van der Waals surface area contributed by atoms with Crippen molar-refractivity contribution in [2.45, 2.75) is 0 Å². The van der Waals surface area contributed by atoms with E-state index in [9.17, 15) is 14.0 Å². The Morgan fingerprint density at radius 2 is 2.00 bits per heavy atom. The predicted molar refractivity (Wildman–Crippen MR) is 86.2 cm³/mol. The fraction of sp³-hybridized carbons (Fsp3) is 0.250. The van der Waals surface area contributed by atoms with Crippen LogP contribution >= 0.6 is 11.3 Å². The molecule has 0 fully saturated rings. The van der Waals surface area contributed by atoms with Crippen LogP contribution in [0.25, 0.3) is 0 Å². The molecule has 0 aliphatic carbocycles. The van der Waals surface area contributed by atoms with Crippen molar-refractivity contribution in [3.8, 4) is 5.75 Å². The van der Waals surface area contributed by atoms with E-state index in [0.717, 1.165) is 0 Å². The summed E-state index contributed by atoms with van der Waals surface area (Å²) in [7, 11) is 1.63. The molecule has 0 bridgehead atoms. The molecule has 2 amide bonds. The summed E-state index contributed by atoms with van der Waals surface area (Å²) in [4.78, 5) is 25.7. The number of halogens is 1. The lowest BCUT2D eigenvalue weighted by atomic mass is 10.3. The zero-order valence-corrected chi connectivity index (χ0v) is 13.4. The Morgan fingerprint density at radius 3 is 2.65 bits per heavy atom. The van der Waals surface area contributed by atoms with Gasteiger partial charge in [-0.1, -0.05) is 6.07 Å². The van der Waals surface area contributed by atoms with E-state index in [1.165, 1.54) is 40.5 Å². The summed E-state index contributed by atoms with van der Waals surface area (Å²) >= 11 is 1.32. The second-order valence-electron chi connectivity index (χ2n) is 4.78. The molecule has 23 heavy (non-hydrogen) atoms. The first-order valence-corrected chi connectivity index (χ1v) is 7.88. The van der Waals surface area contributed by atoms with Crippen LogP contribution < -0.4 is 10.1 Å². The van der Waals surface area contributed by atoms with Crippen LogP contribution in [0.5, 0.6) is 5.75 Å². The SMILES string of the molecule is CN(CCOc1ccc(F)cc1)C(=O)CNC(=O)c1cccs1. The summed E-state index contributed by atoms with van der Waals surface area (Å²) in [6.07, 6.45) is 0. The van der Waals surface area contributed by atoms with E-state index in [4.69, 9.17) is 4.74 Å². The molecule has 1 N–H and O–H groups in total. The Hall–Kier alpha value is -2.41. The number of amides is 2. The number of hydrogen-bond donors (Lipinski definition) is 1. The van der Waals surface area contributed by atoms with Crippen molar-refractivity contribution in [3.05, 3.63) is 52.5 Å². The van der Waals surface area contributed by atoms with E-state index < -0.39 is 0 Å². The van der Waals surface area contributed by atoms with Gasteiger partial charge in [-0.25, -0.2) is 4.39 Å². The Kier molecular flexibility index (Phi) is 6.10. The molecule has 0 aliphatic heterocycles. The maximum Gasteiger partial charge on any atom is 0.261 e. The molecule has 1 aromatic heterocycles. The quantitative estimate of drug-likeness (QED) is 0.843. The van der Waals surface area contributed by atoms with E-state index >= 15 is 0 Å². The lowest BCUT2D eigenvalue weighted by Gasteiger charge is -2.17. The minimum Gasteiger partial charge on any atom is -0.492 e. The topological polar surface area (TPSA) is 58.6 Å². The summed E-state index contributed by atoms with van der Waals surface area (Å²) in [5.41, 5.74) is 0. The molecule has 2 aromatic rings. The van der Waals surface area contributed by atoms with Gasteiger partial charge in [0.05, 0.1) is 18.0 Å². The molecule has 0 unspecified atom stereocenters. The van der Waals surface area contributed by atoms with Crippen LogP contribution in [0.4, 0.5) is 4.39 Å². The molecule has 0 atom stereocenters. The van der Waals surface area contributed by atoms with Gasteiger partial charge >= 0.3 is 0 Å². The van der Waals surface area contributed by atoms with E-state index in [1.54, 1.807) is 24.6 Å². The number of thiophene rings is 1. The highest BCUT2D eigenvalue weighted by molar-refractivity contribution is 7.12. The molecule has 0 spiro atoms. The van der Waals surface area contributed by atoms with Gasteiger partial charge in [0, 0.05) is 7.05 Å². The Labute approximate surface area is 137 Å². The van der Waals surface area contributed by atoms with Crippen molar-refractivity contribution in [1.82, 2.24) is 10.2 Å². The van der Waals surface area contributed by atoms with Gasteiger partial charge in [0.25, 0.3) is 5.91 Å². The van der Waals surface area contributed by atoms with Crippen LogP contribution in [0.2, 0.25) is 0 Å². The highest BCUT2D eigenvalue weighted by Crippen LogP contribution is 2.10. The van der Waals surface area contributed by atoms with Crippen LogP contribution in [0.1, 0.15) is 9.67 Å². The number of carbonyl (C=O) groups excluding carboxylic acids is 2. The van der Waals surface area contributed by atoms with E-state index in [2.05, 4.69) is 5.32 Å². The number of nitrogens with one attached hydrogen (secondary N) is 1. The molecule has 0 saturated heterocycles. The first-order valence-electron chi connectivity index (χ1n) is 7.00. The molecule has 1 aromatic carbocycles. The highest BCUT2D eigenvalue weighted by Gasteiger charge is 2.12. The normalized spacial score (nSPS) is 10.2.